The molecule has 0 saturated carbocycles. The highest BCUT2D eigenvalue weighted by atomic mass is 32.1. The van der Waals surface area contributed by atoms with Crippen LogP contribution in [0.15, 0.2) is 66.9 Å². The molecule has 2 N–H and O–H groups in total. The molecule has 1 aromatic heterocycles. The first kappa shape index (κ1) is 17.7. The van der Waals surface area contributed by atoms with Gasteiger partial charge < -0.3 is 19.8 Å². The van der Waals surface area contributed by atoms with Crippen LogP contribution in [0.2, 0.25) is 0 Å². The molecule has 6 heteroatoms. The monoisotopic (exact) mass is 366 g/mol. The molecule has 0 spiro atoms. The summed E-state index contributed by atoms with van der Waals surface area (Å²) in [5.74, 6) is 1.93. The smallest absolute Gasteiger partial charge is 0.258 e. The number of hydrogen-bond acceptors (Lipinski definition) is 4. The van der Waals surface area contributed by atoms with E-state index < -0.39 is 0 Å². The fraction of sp³-hybridized carbons (Fsp3) is 0.100. The molecule has 132 valence electrons. The number of pyridine rings is 1. The Bertz CT molecular complexity index is 934. The van der Waals surface area contributed by atoms with E-state index in [0.29, 0.717) is 34.0 Å². The highest BCUT2D eigenvalue weighted by Gasteiger charge is 2.08. The molecule has 0 radical (unpaired) electrons. The van der Waals surface area contributed by atoms with Crippen LogP contribution < -0.4 is 14.8 Å². The number of carbonyl (C=O) groups is 1. The van der Waals surface area contributed by atoms with Gasteiger partial charge in [-0.05, 0) is 67.6 Å². The Kier molecular flexibility index (Phi) is 5.66. The van der Waals surface area contributed by atoms with E-state index in [1.807, 2.05) is 31.2 Å². The second kappa shape index (κ2) is 8.31. The predicted octanol–water partition coefficient (Wildman–Crippen LogP) is 5.19. The van der Waals surface area contributed by atoms with Crippen LogP contribution in [0.3, 0.4) is 0 Å². The number of H-pyrrole nitrogens is 1. The van der Waals surface area contributed by atoms with E-state index in [1.165, 1.54) is 0 Å². The van der Waals surface area contributed by atoms with Crippen molar-refractivity contribution >= 4 is 23.8 Å². The normalized spacial score (nSPS) is 10.2. The van der Waals surface area contributed by atoms with Gasteiger partial charge in [-0.15, -0.1) is 0 Å². The van der Waals surface area contributed by atoms with Crippen LogP contribution in [0.4, 0.5) is 5.69 Å². The first-order chi connectivity index (χ1) is 12.7. The van der Waals surface area contributed by atoms with Gasteiger partial charge in [-0.25, -0.2) is 0 Å². The lowest BCUT2D eigenvalue weighted by molar-refractivity contribution is 0.102. The van der Waals surface area contributed by atoms with Gasteiger partial charge in [0.25, 0.3) is 5.91 Å². The third-order valence-corrected chi connectivity index (χ3v) is 3.88. The molecule has 1 amide bonds. The summed E-state index contributed by atoms with van der Waals surface area (Å²) in [6, 6.07) is 17.9. The van der Waals surface area contributed by atoms with E-state index in [0.717, 1.165) is 5.75 Å². The van der Waals surface area contributed by atoms with Gasteiger partial charge in [-0.3, -0.25) is 4.79 Å². The number of aromatic nitrogens is 1. The number of rotatable bonds is 6. The maximum absolute atomic E-state index is 12.3. The fourth-order valence-corrected chi connectivity index (χ4v) is 2.54. The van der Waals surface area contributed by atoms with Gasteiger partial charge in [0, 0.05) is 11.9 Å². The summed E-state index contributed by atoms with van der Waals surface area (Å²) in [4.78, 5) is 15.1. The zero-order valence-electron chi connectivity index (χ0n) is 14.2. The summed E-state index contributed by atoms with van der Waals surface area (Å²) in [5.41, 5.74) is 1.09. The highest BCUT2D eigenvalue weighted by Crippen LogP contribution is 2.25. The lowest BCUT2D eigenvalue weighted by atomic mass is 10.2. The van der Waals surface area contributed by atoms with Crippen molar-refractivity contribution in [1.82, 2.24) is 4.98 Å². The van der Waals surface area contributed by atoms with Crippen molar-refractivity contribution in [2.45, 2.75) is 6.92 Å². The molecule has 1 heterocycles. The summed E-state index contributed by atoms with van der Waals surface area (Å²) in [6.45, 7) is 2.57. The molecule has 0 aliphatic heterocycles. The molecule has 0 aliphatic rings. The van der Waals surface area contributed by atoms with Gasteiger partial charge in [0.2, 0.25) is 0 Å². The molecule has 0 unspecified atom stereocenters. The number of aromatic amines is 1. The molecule has 26 heavy (non-hydrogen) atoms. The molecule has 3 aromatic rings. The molecule has 3 rings (SSSR count). The zero-order valence-corrected chi connectivity index (χ0v) is 15.0. The average molecular weight is 366 g/mol. The first-order valence-electron chi connectivity index (χ1n) is 8.15. The molecular formula is C20H18N2O3S. The number of ether oxygens (including phenoxy) is 2. The van der Waals surface area contributed by atoms with Crippen molar-refractivity contribution in [3.8, 4) is 17.2 Å². The largest absolute Gasteiger partial charge is 0.494 e. The van der Waals surface area contributed by atoms with Crippen LogP contribution in [-0.2, 0) is 0 Å². The Labute approximate surface area is 156 Å². The summed E-state index contributed by atoms with van der Waals surface area (Å²) in [7, 11) is 0. The predicted molar refractivity (Wildman–Crippen MR) is 104 cm³/mol. The maximum Gasteiger partial charge on any atom is 0.258 e. The van der Waals surface area contributed by atoms with E-state index in [9.17, 15) is 4.79 Å². The van der Waals surface area contributed by atoms with Crippen molar-refractivity contribution in [3.63, 3.8) is 0 Å². The standard InChI is InChI=1S/C20H18N2O3S/c1-2-24-15-9-11-17(12-10-15)25-16-7-5-14(6-8-16)22-19(23)18-4-3-13-21-20(18)26/h3-13H,2H2,1H3,(H,21,26)(H,22,23). The van der Waals surface area contributed by atoms with E-state index in [2.05, 4.69) is 10.3 Å². The van der Waals surface area contributed by atoms with Gasteiger partial charge in [0.15, 0.2) is 0 Å². The number of nitrogens with one attached hydrogen (secondary N) is 2. The molecule has 0 fully saturated rings. The molecule has 2 aromatic carbocycles. The van der Waals surface area contributed by atoms with Crippen LogP contribution in [0, 0.1) is 4.64 Å². The highest BCUT2D eigenvalue weighted by molar-refractivity contribution is 7.71. The second-order valence-corrected chi connectivity index (χ2v) is 5.81. The summed E-state index contributed by atoms with van der Waals surface area (Å²) >= 11 is 5.12. The van der Waals surface area contributed by atoms with Crippen molar-refractivity contribution in [3.05, 3.63) is 77.1 Å². The lowest BCUT2D eigenvalue weighted by Crippen LogP contribution is -2.12. The Morgan fingerprint density at radius 3 is 2.23 bits per heavy atom. The number of hydrogen-bond donors (Lipinski definition) is 2. The number of carbonyl (C=O) groups excluding carboxylic acids is 1. The first-order valence-corrected chi connectivity index (χ1v) is 8.56. The van der Waals surface area contributed by atoms with Crippen molar-refractivity contribution in [2.75, 3.05) is 11.9 Å². The molecule has 0 aliphatic carbocycles. The van der Waals surface area contributed by atoms with Gasteiger partial charge in [-0.2, -0.15) is 0 Å². The van der Waals surface area contributed by atoms with Crippen LogP contribution in [0.25, 0.3) is 0 Å². The Balaban J connectivity index is 1.64. The van der Waals surface area contributed by atoms with E-state index in [-0.39, 0.29) is 5.91 Å². The van der Waals surface area contributed by atoms with Crippen LogP contribution in [0.1, 0.15) is 17.3 Å². The molecular weight excluding hydrogens is 348 g/mol. The van der Waals surface area contributed by atoms with Gasteiger partial charge in [-0.1, -0.05) is 12.2 Å². The van der Waals surface area contributed by atoms with Gasteiger partial charge in [0.05, 0.1) is 12.2 Å². The van der Waals surface area contributed by atoms with Crippen LogP contribution >= 0.6 is 12.2 Å². The molecule has 0 bridgehead atoms. The quantitative estimate of drug-likeness (QED) is 0.590. The summed E-state index contributed by atoms with van der Waals surface area (Å²) < 4.78 is 11.6. The summed E-state index contributed by atoms with van der Waals surface area (Å²) in [5, 5.41) is 2.81. The number of amides is 1. The van der Waals surface area contributed by atoms with E-state index >= 15 is 0 Å². The third kappa shape index (κ3) is 4.49. The molecule has 5 nitrogen and oxygen atoms in total. The second-order valence-electron chi connectivity index (χ2n) is 5.40. The average Bonchev–Trinajstić information content (AvgIpc) is 2.65. The number of benzene rings is 2. The van der Waals surface area contributed by atoms with Crippen LogP contribution in [0.5, 0.6) is 17.2 Å². The minimum Gasteiger partial charge on any atom is -0.494 e. The molecule has 0 saturated heterocycles. The van der Waals surface area contributed by atoms with E-state index in [4.69, 9.17) is 21.7 Å². The Morgan fingerprint density at radius 2 is 1.62 bits per heavy atom. The van der Waals surface area contributed by atoms with Crippen molar-refractivity contribution in [2.24, 2.45) is 0 Å². The van der Waals surface area contributed by atoms with Crippen molar-refractivity contribution < 1.29 is 14.3 Å². The summed E-state index contributed by atoms with van der Waals surface area (Å²) in [6.07, 6.45) is 1.69. The minimum absolute atomic E-state index is 0.257. The fourth-order valence-electron chi connectivity index (χ4n) is 2.31. The van der Waals surface area contributed by atoms with E-state index in [1.54, 1.807) is 42.6 Å². The SMILES string of the molecule is CCOc1ccc(Oc2ccc(NC(=O)c3ccc[nH]c3=S)cc2)cc1. The van der Waals surface area contributed by atoms with Gasteiger partial charge in [0.1, 0.15) is 21.9 Å². The molecule has 0 atom stereocenters. The topological polar surface area (TPSA) is 63.4 Å². The lowest BCUT2D eigenvalue weighted by Gasteiger charge is -2.09. The van der Waals surface area contributed by atoms with Crippen LogP contribution in [-0.4, -0.2) is 17.5 Å². The van der Waals surface area contributed by atoms with Gasteiger partial charge >= 0.3 is 0 Å². The van der Waals surface area contributed by atoms with Crippen molar-refractivity contribution in [1.29, 1.82) is 0 Å². The third-order valence-electron chi connectivity index (χ3n) is 3.55. The Hall–Kier alpha value is -3.12. The zero-order chi connectivity index (χ0) is 18.4. The Morgan fingerprint density at radius 1 is 1.00 bits per heavy atom. The minimum atomic E-state index is -0.257. The number of anilines is 1. The maximum atomic E-state index is 12.3.